The topological polar surface area (TPSA) is 98.4 Å². The highest BCUT2D eigenvalue weighted by atomic mass is 16.2. The van der Waals surface area contributed by atoms with E-state index in [9.17, 15) is 14.4 Å². The predicted octanol–water partition coefficient (Wildman–Crippen LogP) is 1.45. The summed E-state index contributed by atoms with van der Waals surface area (Å²) in [7, 11) is 0. The zero-order valence-corrected chi connectivity index (χ0v) is 17.0. The first-order valence-corrected chi connectivity index (χ1v) is 10.2. The Morgan fingerprint density at radius 3 is 2.29 bits per heavy atom. The molecule has 2 aliphatic rings. The van der Waals surface area contributed by atoms with Crippen LogP contribution in [0, 0.1) is 5.92 Å². The number of carbonyl (C=O) groups is 3. The zero-order valence-electron chi connectivity index (χ0n) is 17.0. The van der Waals surface area contributed by atoms with Crippen molar-refractivity contribution < 1.29 is 14.4 Å². The maximum absolute atomic E-state index is 12.6. The lowest BCUT2D eigenvalue weighted by Gasteiger charge is -2.41. The molecule has 0 aliphatic carbocycles. The van der Waals surface area contributed by atoms with E-state index in [0.717, 1.165) is 38.8 Å². The van der Waals surface area contributed by atoms with Crippen molar-refractivity contribution in [3.05, 3.63) is 17.5 Å². The van der Waals surface area contributed by atoms with E-state index in [1.165, 1.54) is 13.0 Å². The van der Waals surface area contributed by atoms with Gasteiger partial charge in [0.25, 0.3) is 5.91 Å². The van der Waals surface area contributed by atoms with Crippen molar-refractivity contribution in [3.8, 4) is 0 Å². The average molecular weight is 390 g/mol. The molecule has 1 aromatic rings. The number of hydrogen-bond acceptors (Lipinski definition) is 5. The largest absolute Gasteiger partial charge is 0.354 e. The molecule has 3 heterocycles. The van der Waals surface area contributed by atoms with Gasteiger partial charge in [-0.25, -0.2) is 0 Å². The number of likely N-dealkylation sites (tertiary alicyclic amines) is 2. The Bertz CT molecular complexity index is 713. The smallest absolute Gasteiger partial charge is 0.271 e. The molecule has 2 aliphatic heterocycles. The molecule has 8 heteroatoms. The van der Waals surface area contributed by atoms with Crippen LogP contribution in [-0.4, -0.2) is 75.9 Å². The van der Waals surface area contributed by atoms with Gasteiger partial charge >= 0.3 is 0 Å². The van der Waals surface area contributed by atoms with E-state index in [2.05, 4.69) is 20.4 Å². The molecule has 0 saturated carbocycles. The number of hydrogen-bond donors (Lipinski definition) is 2. The summed E-state index contributed by atoms with van der Waals surface area (Å²) >= 11 is 0. The van der Waals surface area contributed by atoms with Gasteiger partial charge in [0.15, 0.2) is 5.78 Å². The van der Waals surface area contributed by atoms with E-state index in [-0.39, 0.29) is 29.6 Å². The highest BCUT2D eigenvalue weighted by molar-refractivity contribution is 5.97. The van der Waals surface area contributed by atoms with Gasteiger partial charge in [-0.1, -0.05) is 0 Å². The van der Waals surface area contributed by atoms with Crippen LogP contribution in [-0.2, 0) is 4.79 Å². The maximum Gasteiger partial charge on any atom is 0.271 e. The Kier molecular flexibility index (Phi) is 6.49. The van der Waals surface area contributed by atoms with Crippen molar-refractivity contribution in [1.29, 1.82) is 0 Å². The molecule has 28 heavy (non-hydrogen) atoms. The molecule has 0 bridgehead atoms. The molecule has 1 aromatic heterocycles. The van der Waals surface area contributed by atoms with Gasteiger partial charge in [0, 0.05) is 38.0 Å². The molecule has 0 aromatic carbocycles. The lowest BCUT2D eigenvalue weighted by molar-refractivity contribution is -0.127. The van der Waals surface area contributed by atoms with Crippen molar-refractivity contribution in [1.82, 2.24) is 25.3 Å². The number of ketones is 1. The molecular formula is C20H31N5O3. The Morgan fingerprint density at radius 1 is 1.11 bits per heavy atom. The predicted molar refractivity (Wildman–Crippen MR) is 105 cm³/mol. The van der Waals surface area contributed by atoms with Crippen molar-refractivity contribution >= 4 is 17.6 Å². The fourth-order valence-corrected chi connectivity index (χ4v) is 4.15. The number of piperidine rings is 2. The van der Waals surface area contributed by atoms with E-state index in [1.807, 2.05) is 18.7 Å². The summed E-state index contributed by atoms with van der Waals surface area (Å²) in [6, 6.07) is 2.19. The summed E-state index contributed by atoms with van der Waals surface area (Å²) in [5.74, 6) is 0.0534. The normalized spacial score (nSPS) is 19.8. The number of aromatic nitrogens is 2. The minimum Gasteiger partial charge on any atom is -0.354 e. The lowest BCUT2D eigenvalue weighted by atomic mass is 9.92. The standard InChI is InChI=1S/C20H31N5O3/c1-13(2)21-19(27)15-4-8-24(9-5-15)16-6-10-25(11-7-16)20(28)18-12-17(14(3)26)22-23-18/h12-13,15-16H,4-11H2,1-3H3,(H,21,27)(H,22,23). The first kappa shape index (κ1) is 20.5. The van der Waals surface area contributed by atoms with Crippen molar-refractivity contribution in [3.63, 3.8) is 0 Å². The Balaban J connectivity index is 1.46. The molecule has 0 unspecified atom stereocenters. The monoisotopic (exact) mass is 389 g/mol. The molecule has 154 valence electrons. The van der Waals surface area contributed by atoms with E-state index in [0.29, 0.717) is 30.5 Å². The fourth-order valence-electron chi connectivity index (χ4n) is 4.15. The number of rotatable bonds is 5. The van der Waals surface area contributed by atoms with E-state index < -0.39 is 0 Å². The highest BCUT2D eigenvalue weighted by Gasteiger charge is 2.32. The third-order valence-corrected chi connectivity index (χ3v) is 5.77. The third-order valence-electron chi connectivity index (χ3n) is 5.77. The minimum absolute atomic E-state index is 0.0949. The first-order valence-electron chi connectivity index (χ1n) is 10.2. The number of aromatic amines is 1. The van der Waals surface area contributed by atoms with Crippen LogP contribution in [0.4, 0.5) is 0 Å². The van der Waals surface area contributed by atoms with Crippen LogP contribution in [0.3, 0.4) is 0 Å². The minimum atomic E-state index is -0.153. The molecule has 3 rings (SSSR count). The second-order valence-corrected chi connectivity index (χ2v) is 8.22. The van der Waals surface area contributed by atoms with Gasteiger partial charge in [0.2, 0.25) is 5.91 Å². The van der Waals surface area contributed by atoms with Crippen LogP contribution in [0.5, 0.6) is 0 Å². The van der Waals surface area contributed by atoms with Gasteiger partial charge in [-0.2, -0.15) is 5.10 Å². The molecule has 2 amide bonds. The number of nitrogens with one attached hydrogen (secondary N) is 2. The summed E-state index contributed by atoms with van der Waals surface area (Å²) in [5, 5.41) is 9.59. The number of Topliss-reactive ketones (excluding diaryl/α,β-unsaturated/α-hetero) is 1. The quantitative estimate of drug-likeness (QED) is 0.743. The summed E-state index contributed by atoms with van der Waals surface area (Å²) in [5.41, 5.74) is 0.670. The first-order chi connectivity index (χ1) is 13.3. The van der Waals surface area contributed by atoms with E-state index >= 15 is 0 Å². The van der Waals surface area contributed by atoms with Crippen molar-refractivity contribution in [2.24, 2.45) is 5.92 Å². The van der Waals surface area contributed by atoms with Gasteiger partial charge in [-0.05, 0) is 58.7 Å². The number of amides is 2. The summed E-state index contributed by atoms with van der Waals surface area (Å²) < 4.78 is 0. The van der Waals surface area contributed by atoms with Gasteiger partial charge in [-0.15, -0.1) is 0 Å². The Hall–Kier alpha value is -2.22. The summed E-state index contributed by atoms with van der Waals surface area (Å²) in [6.45, 7) is 8.70. The fraction of sp³-hybridized carbons (Fsp3) is 0.700. The molecular weight excluding hydrogens is 358 g/mol. The van der Waals surface area contributed by atoms with Gasteiger partial charge in [0.1, 0.15) is 11.4 Å². The van der Waals surface area contributed by atoms with Gasteiger partial charge < -0.3 is 15.1 Å². The highest BCUT2D eigenvalue weighted by Crippen LogP contribution is 2.24. The number of nitrogens with zero attached hydrogens (tertiary/aromatic N) is 3. The molecule has 0 atom stereocenters. The Labute approximate surface area is 166 Å². The van der Waals surface area contributed by atoms with Crippen LogP contribution in [0.15, 0.2) is 6.07 Å². The lowest BCUT2D eigenvalue weighted by Crippen LogP contribution is -2.50. The summed E-state index contributed by atoms with van der Waals surface area (Å²) in [6.07, 6.45) is 3.67. The van der Waals surface area contributed by atoms with Crippen LogP contribution >= 0.6 is 0 Å². The van der Waals surface area contributed by atoms with Crippen molar-refractivity contribution in [2.75, 3.05) is 26.2 Å². The zero-order chi connectivity index (χ0) is 20.3. The summed E-state index contributed by atoms with van der Waals surface area (Å²) in [4.78, 5) is 40.5. The van der Waals surface area contributed by atoms with E-state index in [4.69, 9.17) is 0 Å². The molecule has 8 nitrogen and oxygen atoms in total. The molecule has 2 N–H and O–H groups in total. The van der Waals surface area contributed by atoms with Crippen LogP contribution in [0.1, 0.15) is 67.4 Å². The SMILES string of the molecule is CC(=O)c1cc(C(=O)N2CCC(N3CCC(C(=O)NC(C)C)CC3)CC2)[nH]n1. The average Bonchev–Trinajstić information content (AvgIpc) is 3.18. The van der Waals surface area contributed by atoms with Gasteiger partial charge in [-0.3, -0.25) is 19.5 Å². The number of H-pyrrole nitrogens is 1. The second-order valence-electron chi connectivity index (χ2n) is 8.22. The number of carbonyl (C=O) groups excluding carboxylic acids is 3. The van der Waals surface area contributed by atoms with E-state index in [1.54, 1.807) is 0 Å². The molecule has 2 saturated heterocycles. The van der Waals surface area contributed by atoms with Crippen LogP contribution in [0.2, 0.25) is 0 Å². The molecule has 0 radical (unpaired) electrons. The van der Waals surface area contributed by atoms with Crippen LogP contribution in [0.25, 0.3) is 0 Å². The van der Waals surface area contributed by atoms with Crippen LogP contribution < -0.4 is 5.32 Å². The van der Waals surface area contributed by atoms with Gasteiger partial charge in [0.05, 0.1) is 0 Å². The molecule has 2 fully saturated rings. The Morgan fingerprint density at radius 2 is 1.75 bits per heavy atom. The second kappa shape index (κ2) is 8.86. The third kappa shape index (κ3) is 4.79. The maximum atomic E-state index is 12.6. The van der Waals surface area contributed by atoms with Crippen molar-refractivity contribution in [2.45, 2.75) is 58.5 Å². The molecule has 0 spiro atoms.